The molecule has 3 aliphatic rings. The minimum atomic E-state index is -2.70. The second-order valence-corrected chi connectivity index (χ2v) is 9.66. The van der Waals surface area contributed by atoms with Gasteiger partial charge in [-0.15, -0.1) is 0 Å². The van der Waals surface area contributed by atoms with Crippen molar-refractivity contribution in [1.29, 1.82) is 0 Å². The second kappa shape index (κ2) is 7.92. The van der Waals surface area contributed by atoms with Crippen molar-refractivity contribution in [3.8, 4) is 5.75 Å². The normalized spacial score (nSPS) is 28.0. The molecule has 186 valence electrons. The molecule has 35 heavy (non-hydrogen) atoms. The largest absolute Gasteiger partial charge is 0.510 e. The molecule has 0 saturated carbocycles. The van der Waals surface area contributed by atoms with Crippen LogP contribution in [-0.2, 0) is 16.0 Å². The van der Waals surface area contributed by atoms with Gasteiger partial charge in [0.15, 0.2) is 17.7 Å². The highest BCUT2D eigenvalue weighted by atomic mass is 16.3. The van der Waals surface area contributed by atoms with Crippen molar-refractivity contribution >= 4 is 29.4 Å². The molecular formula is C24H27N3O8. The van der Waals surface area contributed by atoms with Gasteiger partial charge in [0.2, 0.25) is 5.78 Å². The van der Waals surface area contributed by atoms with Gasteiger partial charge in [0, 0.05) is 31.3 Å². The van der Waals surface area contributed by atoms with Gasteiger partial charge < -0.3 is 31.1 Å². The lowest BCUT2D eigenvalue weighted by Gasteiger charge is -2.50. The number of carbonyl (C=O) groups excluding carboxylic acids is 4. The quantitative estimate of drug-likeness (QED) is 0.287. The maximum absolute atomic E-state index is 13.6. The first-order valence-electron chi connectivity index (χ1n) is 10.9. The van der Waals surface area contributed by atoms with Crippen molar-refractivity contribution in [3.05, 3.63) is 45.4 Å². The van der Waals surface area contributed by atoms with E-state index in [0.29, 0.717) is 17.5 Å². The van der Waals surface area contributed by atoms with E-state index in [2.05, 4.69) is 0 Å². The highest BCUT2D eigenvalue weighted by Gasteiger charge is 2.63. The fraction of sp³-hybridized carbons (Fsp3) is 0.417. The van der Waals surface area contributed by atoms with E-state index in [1.165, 1.54) is 11.0 Å². The first-order valence-corrected chi connectivity index (χ1v) is 10.9. The summed E-state index contributed by atoms with van der Waals surface area (Å²) in [6, 6.07) is 0.405. The van der Waals surface area contributed by atoms with Gasteiger partial charge in [0.25, 0.3) is 5.91 Å². The van der Waals surface area contributed by atoms with E-state index in [4.69, 9.17) is 5.73 Å². The number of hydrogen-bond acceptors (Lipinski definition) is 10. The van der Waals surface area contributed by atoms with Gasteiger partial charge in [-0.1, -0.05) is 0 Å². The Morgan fingerprint density at radius 1 is 1.17 bits per heavy atom. The van der Waals surface area contributed by atoms with Crippen LogP contribution in [0.2, 0.25) is 0 Å². The number of primary amides is 1. The average Bonchev–Trinajstić information content (AvgIpc) is 2.75. The summed E-state index contributed by atoms with van der Waals surface area (Å²) in [5.74, 6) is -7.32. The third-order valence-electron chi connectivity index (χ3n) is 7.34. The number of aldehydes is 1. The van der Waals surface area contributed by atoms with Gasteiger partial charge >= 0.3 is 0 Å². The molecule has 1 amide bonds. The van der Waals surface area contributed by atoms with E-state index >= 15 is 0 Å². The van der Waals surface area contributed by atoms with Crippen LogP contribution in [0.3, 0.4) is 0 Å². The minimum Gasteiger partial charge on any atom is -0.510 e. The summed E-state index contributed by atoms with van der Waals surface area (Å²) in [5, 5.41) is 44.3. The molecule has 0 radical (unpaired) electrons. The number of carbonyl (C=O) groups is 4. The molecule has 0 aliphatic heterocycles. The summed E-state index contributed by atoms with van der Waals surface area (Å²) in [5.41, 5.74) is 2.14. The number of ketones is 2. The number of likely N-dealkylation sites (N-methyl/N-ethyl adjacent to an activating group) is 1. The molecule has 11 nitrogen and oxygen atoms in total. The third kappa shape index (κ3) is 3.11. The Hall–Kier alpha value is -3.70. The molecule has 1 aromatic rings. The SMILES string of the molecule is CN(C)c1cc(C=O)c(O)c2c1C[C@H]1C[C@H]3[C@@H](N(C)C)C(O)=C(C(N)=O)C(=O)[C@@]3(O)C(O)=C1C2=O. The number of phenolic OH excluding ortho intramolecular Hbond substituents is 1. The molecule has 3 aliphatic carbocycles. The van der Waals surface area contributed by atoms with E-state index < -0.39 is 63.8 Å². The number of fused-ring (bicyclic) bond motifs is 3. The number of nitrogens with zero attached hydrogens (tertiary/aromatic N) is 2. The van der Waals surface area contributed by atoms with Crippen molar-refractivity contribution in [1.82, 2.24) is 4.90 Å². The smallest absolute Gasteiger partial charge is 0.255 e. The number of allylic oxidation sites excluding steroid dienone is 1. The van der Waals surface area contributed by atoms with Crippen LogP contribution in [0.25, 0.3) is 0 Å². The van der Waals surface area contributed by atoms with E-state index in [-0.39, 0.29) is 29.5 Å². The number of hydrogen-bond donors (Lipinski definition) is 5. The molecule has 0 heterocycles. The molecule has 0 aromatic heterocycles. The molecule has 11 heteroatoms. The van der Waals surface area contributed by atoms with Crippen molar-refractivity contribution in [2.45, 2.75) is 24.5 Å². The van der Waals surface area contributed by atoms with Crippen LogP contribution in [0.1, 0.15) is 32.7 Å². The first kappa shape index (κ1) is 24.4. The van der Waals surface area contributed by atoms with Gasteiger partial charge in [0.1, 0.15) is 22.8 Å². The van der Waals surface area contributed by atoms with Crippen LogP contribution < -0.4 is 10.6 Å². The Bertz CT molecular complexity index is 1260. The van der Waals surface area contributed by atoms with Crippen LogP contribution in [0.5, 0.6) is 5.75 Å². The van der Waals surface area contributed by atoms with Crippen LogP contribution in [0.4, 0.5) is 5.69 Å². The number of benzene rings is 1. The standard InChI is InChI=1S/C24H27N3O8/c1-26(2)13-7-10(8-28)18(29)15-11(13)5-9-6-12-17(27(3)4)20(31)16(23(25)34)22(33)24(12,35)21(32)14(9)19(15)30/h7-9,12,17,29,31-32,35H,5-6H2,1-4H3,(H2,25,34)/t9-,12-,17+,24-/m0/s1. The number of nitrogens with two attached hydrogens (primary N) is 1. The molecule has 0 saturated heterocycles. The number of rotatable bonds is 4. The maximum Gasteiger partial charge on any atom is 0.255 e. The predicted octanol–water partition coefficient (Wildman–Crippen LogP) is -0.000900. The summed E-state index contributed by atoms with van der Waals surface area (Å²) in [6.07, 6.45) is 0.545. The highest BCUT2D eigenvalue weighted by molar-refractivity contribution is 6.25. The number of phenols is 1. The molecule has 4 rings (SSSR count). The molecule has 0 bridgehead atoms. The lowest BCUT2D eigenvalue weighted by atomic mass is 9.58. The monoisotopic (exact) mass is 485 g/mol. The fourth-order valence-corrected chi connectivity index (χ4v) is 5.81. The molecular weight excluding hydrogens is 458 g/mol. The Labute approximate surface area is 200 Å². The van der Waals surface area contributed by atoms with Crippen LogP contribution >= 0.6 is 0 Å². The number of amides is 1. The van der Waals surface area contributed by atoms with E-state index in [1.54, 1.807) is 33.1 Å². The van der Waals surface area contributed by atoms with Crippen LogP contribution in [-0.4, -0.2) is 88.9 Å². The van der Waals surface area contributed by atoms with Gasteiger partial charge in [-0.05, 0) is 44.5 Å². The van der Waals surface area contributed by atoms with Gasteiger partial charge in [-0.25, -0.2) is 0 Å². The Kier molecular flexibility index (Phi) is 5.53. The number of aliphatic hydroxyl groups excluding tert-OH is 2. The number of anilines is 1. The maximum atomic E-state index is 13.6. The Balaban J connectivity index is 2.01. The van der Waals surface area contributed by atoms with Crippen molar-refractivity contribution in [3.63, 3.8) is 0 Å². The fourth-order valence-electron chi connectivity index (χ4n) is 5.81. The van der Waals surface area contributed by atoms with E-state index in [9.17, 15) is 39.6 Å². The van der Waals surface area contributed by atoms with Gasteiger partial charge in [-0.2, -0.15) is 0 Å². The Morgan fingerprint density at radius 3 is 2.31 bits per heavy atom. The minimum absolute atomic E-state index is 0.00513. The van der Waals surface area contributed by atoms with E-state index in [1.807, 2.05) is 0 Å². The van der Waals surface area contributed by atoms with E-state index in [0.717, 1.165) is 0 Å². The summed E-state index contributed by atoms with van der Waals surface area (Å²) >= 11 is 0. The average molecular weight is 485 g/mol. The molecule has 6 N–H and O–H groups in total. The number of Topliss-reactive ketones (excluding diaryl/α,β-unsaturated/α-hetero) is 2. The zero-order valence-electron chi connectivity index (χ0n) is 19.7. The number of aliphatic hydroxyl groups is 3. The lowest BCUT2D eigenvalue weighted by Crippen LogP contribution is -2.63. The Morgan fingerprint density at radius 2 is 1.80 bits per heavy atom. The third-order valence-corrected chi connectivity index (χ3v) is 7.34. The van der Waals surface area contributed by atoms with Crippen molar-refractivity contribution < 1.29 is 39.6 Å². The van der Waals surface area contributed by atoms with Crippen LogP contribution in [0, 0.1) is 11.8 Å². The summed E-state index contributed by atoms with van der Waals surface area (Å²) in [6.45, 7) is 0. The van der Waals surface area contributed by atoms with Crippen LogP contribution in [0.15, 0.2) is 28.7 Å². The molecule has 0 fully saturated rings. The summed E-state index contributed by atoms with van der Waals surface area (Å²) in [4.78, 5) is 53.6. The van der Waals surface area contributed by atoms with Gasteiger partial charge in [-0.3, -0.25) is 24.1 Å². The molecule has 4 atom stereocenters. The van der Waals surface area contributed by atoms with Crippen molar-refractivity contribution in [2.24, 2.45) is 17.6 Å². The van der Waals surface area contributed by atoms with Crippen molar-refractivity contribution in [2.75, 3.05) is 33.1 Å². The zero-order chi connectivity index (χ0) is 26.1. The first-order chi connectivity index (χ1) is 16.3. The number of aromatic hydroxyl groups is 1. The summed E-state index contributed by atoms with van der Waals surface area (Å²) < 4.78 is 0. The molecule has 1 aromatic carbocycles. The second-order valence-electron chi connectivity index (χ2n) is 9.66. The lowest BCUT2D eigenvalue weighted by molar-refractivity contribution is -0.148. The zero-order valence-corrected chi connectivity index (χ0v) is 19.7. The topological polar surface area (TPSA) is 182 Å². The highest BCUT2D eigenvalue weighted by Crippen LogP contribution is 2.53. The van der Waals surface area contributed by atoms with Gasteiger partial charge in [0.05, 0.1) is 17.2 Å². The molecule has 0 unspecified atom stereocenters. The molecule has 0 spiro atoms. The predicted molar refractivity (Wildman–Crippen MR) is 123 cm³/mol. The summed E-state index contributed by atoms with van der Waals surface area (Å²) in [7, 11) is 6.56.